The smallest absolute Gasteiger partial charge is 0.251 e. The minimum Gasteiger partial charge on any atom is -0.309 e. The van der Waals surface area contributed by atoms with Gasteiger partial charge in [-0.25, -0.2) is 5.43 Å². The summed E-state index contributed by atoms with van der Waals surface area (Å²) in [6.07, 6.45) is 7.13. The van der Waals surface area contributed by atoms with Crippen LogP contribution >= 0.6 is 0 Å². The Morgan fingerprint density at radius 2 is 2.25 bits per heavy atom. The standard InChI is InChI=1S/C11H13N3O2/c15-9-5-10-11(16)13-4-2-1-3-8(13)7-14(10)12-6-9/h1,3,7,10,12H,2,4-6H2. The fraction of sp³-hybridized carbons (Fsp3) is 0.455. The second-order valence-electron chi connectivity index (χ2n) is 4.24. The summed E-state index contributed by atoms with van der Waals surface area (Å²) < 4.78 is 0. The van der Waals surface area contributed by atoms with Gasteiger partial charge in [0.1, 0.15) is 6.04 Å². The van der Waals surface area contributed by atoms with E-state index in [0.29, 0.717) is 13.0 Å². The van der Waals surface area contributed by atoms with Crippen LogP contribution in [0.3, 0.4) is 0 Å². The lowest BCUT2D eigenvalue weighted by Gasteiger charge is -2.42. The summed E-state index contributed by atoms with van der Waals surface area (Å²) >= 11 is 0. The average Bonchev–Trinajstić information content (AvgIpc) is 2.31. The number of amides is 1. The Labute approximate surface area is 93.4 Å². The molecule has 1 fully saturated rings. The molecule has 16 heavy (non-hydrogen) atoms. The number of nitrogens with one attached hydrogen (secondary N) is 1. The summed E-state index contributed by atoms with van der Waals surface area (Å²) in [6.45, 7) is 1.04. The van der Waals surface area contributed by atoms with E-state index in [2.05, 4.69) is 11.5 Å². The molecule has 0 aromatic rings. The third-order valence-electron chi connectivity index (χ3n) is 3.16. The zero-order valence-corrected chi connectivity index (χ0v) is 8.85. The number of rotatable bonds is 0. The average molecular weight is 219 g/mol. The van der Waals surface area contributed by atoms with Crippen LogP contribution in [0.5, 0.6) is 0 Å². The minimum absolute atomic E-state index is 0.0300. The number of carbonyl (C=O) groups excluding carboxylic acids is 2. The van der Waals surface area contributed by atoms with E-state index < -0.39 is 0 Å². The first-order chi connectivity index (χ1) is 7.75. The summed E-state index contributed by atoms with van der Waals surface area (Å²) in [6, 6.07) is -0.350. The zero-order valence-electron chi connectivity index (χ0n) is 8.85. The van der Waals surface area contributed by atoms with Crippen LogP contribution in [0.15, 0.2) is 24.0 Å². The molecular formula is C11H13N3O2. The Kier molecular flexibility index (Phi) is 2.07. The Morgan fingerprint density at radius 1 is 1.38 bits per heavy atom. The first-order valence-electron chi connectivity index (χ1n) is 5.49. The molecule has 5 nitrogen and oxygen atoms in total. The summed E-state index contributed by atoms with van der Waals surface area (Å²) in [7, 11) is 0. The Balaban J connectivity index is 1.96. The van der Waals surface area contributed by atoms with Crippen LogP contribution in [0.25, 0.3) is 0 Å². The largest absolute Gasteiger partial charge is 0.309 e. The van der Waals surface area contributed by atoms with Gasteiger partial charge in [0.05, 0.1) is 12.2 Å². The lowest BCUT2D eigenvalue weighted by Crippen LogP contribution is -2.60. The van der Waals surface area contributed by atoms with E-state index in [1.54, 1.807) is 9.91 Å². The fourth-order valence-electron chi connectivity index (χ4n) is 2.32. The quantitative estimate of drug-likeness (QED) is 0.612. The number of nitrogens with zero attached hydrogens (tertiary/aromatic N) is 2. The van der Waals surface area contributed by atoms with Crippen molar-refractivity contribution >= 4 is 11.7 Å². The van der Waals surface area contributed by atoms with E-state index in [9.17, 15) is 9.59 Å². The van der Waals surface area contributed by atoms with E-state index >= 15 is 0 Å². The molecule has 0 radical (unpaired) electrons. The molecule has 0 aromatic heterocycles. The second-order valence-corrected chi connectivity index (χ2v) is 4.24. The third kappa shape index (κ3) is 1.36. The van der Waals surface area contributed by atoms with Gasteiger partial charge in [0.15, 0.2) is 5.78 Å². The van der Waals surface area contributed by atoms with Crippen LogP contribution in [0.1, 0.15) is 12.8 Å². The van der Waals surface area contributed by atoms with Crippen LogP contribution in [-0.2, 0) is 9.59 Å². The highest BCUT2D eigenvalue weighted by atomic mass is 16.2. The molecule has 0 aromatic carbocycles. The molecule has 3 aliphatic rings. The summed E-state index contributed by atoms with van der Waals surface area (Å²) in [5.41, 5.74) is 3.87. The molecule has 3 heterocycles. The van der Waals surface area contributed by atoms with E-state index in [1.165, 1.54) is 0 Å². The van der Waals surface area contributed by atoms with Crippen molar-refractivity contribution in [3.63, 3.8) is 0 Å². The van der Waals surface area contributed by atoms with Crippen molar-refractivity contribution in [2.45, 2.75) is 18.9 Å². The molecule has 1 unspecified atom stereocenters. The Bertz CT molecular complexity index is 413. The van der Waals surface area contributed by atoms with Crippen molar-refractivity contribution in [3.8, 4) is 0 Å². The summed E-state index contributed by atoms with van der Waals surface area (Å²) in [5, 5.41) is 1.77. The van der Waals surface area contributed by atoms with Crippen LogP contribution in [0, 0.1) is 0 Å². The Morgan fingerprint density at radius 3 is 3.12 bits per heavy atom. The molecule has 1 atom stereocenters. The molecule has 0 aliphatic carbocycles. The summed E-state index contributed by atoms with van der Waals surface area (Å²) in [4.78, 5) is 25.3. The van der Waals surface area contributed by atoms with E-state index in [0.717, 1.165) is 18.7 Å². The lowest BCUT2D eigenvalue weighted by atomic mass is 10.0. The van der Waals surface area contributed by atoms with Crippen molar-refractivity contribution in [1.82, 2.24) is 15.3 Å². The number of hydrogen-bond donors (Lipinski definition) is 1. The van der Waals surface area contributed by atoms with Crippen molar-refractivity contribution in [1.29, 1.82) is 0 Å². The van der Waals surface area contributed by atoms with Crippen molar-refractivity contribution in [3.05, 3.63) is 24.0 Å². The molecule has 0 spiro atoms. The van der Waals surface area contributed by atoms with Gasteiger partial charge in [-0.1, -0.05) is 6.08 Å². The molecule has 3 rings (SSSR count). The van der Waals surface area contributed by atoms with E-state index in [-0.39, 0.29) is 17.7 Å². The molecular weight excluding hydrogens is 206 g/mol. The first-order valence-corrected chi connectivity index (χ1v) is 5.49. The van der Waals surface area contributed by atoms with Gasteiger partial charge >= 0.3 is 0 Å². The maximum absolute atomic E-state index is 12.2. The monoisotopic (exact) mass is 219 g/mol. The van der Waals surface area contributed by atoms with Gasteiger partial charge in [0.2, 0.25) is 0 Å². The first kappa shape index (κ1) is 9.59. The number of Topliss-reactive ketones (excluding diaryl/α,β-unsaturated/α-hetero) is 1. The van der Waals surface area contributed by atoms with Crippen molar-refractivity contribution in [2.24, 2.45) is 0 Å². The number of hydrazine groups is 1. The number of fused-ring (bicyclic) bond motifs is 2. The number of carbonyl (C=O) groups is 2. The van der Waals surface area contributed by atoms with Gasteiger partial charge < -0.3 is 9.91 Å². The molecule has 0 bridgehead atoms. The number of ketones is 1. The van der Waals surface area contributed by atoms with Crippen molar-refractivity contribution in [2.75, 3.05) is 13.1 Å². The molecule has 1 saturated heterocycles. The molecule has 84 valence electrons. The number of hydrogen-bond acceptors (Lipinski definition) is 4. The van der Waals surface area contributed by atoms with Crippen LogP contribution in [0.4, 0.5) is 0 Å². The fourth-order valence-corrected chi connectivity index (χ4v) is 2.32. The SMILES string of the molecule is O=C1CNN2C=C3C=CCCN3C(=O)C2C1. The highest BCUT2D eigenvalue weighted by Crippen LogP contribution is 2.25. The Hall–Kier alpha value is -1.62. The molecule has 1 amide bonds. The molecule has 1 N–H and O–H groups in total. The lowest BCUT2D eigenvalue weighted by molar-refractivity contribution is -0.142. The van der Waals surface area contributed by atoms with E-state index in [1.807, 2.05) is 12.3 Å². The molecule has 3 aliphatic heterocycles. The number of allylic oxidation sites excluding steroid dienone is 1. The van der Waals surface area contributed by atoms with Crippen LogP contribution in [-0.4, -0.2) is 40.7 Å². The normalized spacial score (nSPS) is 28.8. The highest BCUT2D eigenvalue weighted by molar-refractivity contribution is 5.93. The maximum atomic E-state index is 12.2. The molecule has 0 saturated carbocycles. The van der Waals surface area contributed by atoms with E-state index in [4.69, 9.17) is 0 Å². The molecule has 5 heteroatoms. The predicted molar refractivity (Wildman–Crippen MR) is 56.8 cm³/mol. The van der Waals surface area contributed by atoms with Gasteiger partial charge in [-0.15, -0.1) is 0 Å². The second kappa shape index (κ2) is 3.45. The van der Waals surface area contributed by atoms with Crippen molar-refractivity contribution < 1.29 is 9.59 Å². The van der Waals surface area contributed by atoms with Gasteiger partial charge in [-0.05, 0) is 12.5 Å². The highest BCUT2D eigenvalue weighted by Gasteiger charge is 2.38. The third-order valence-corrected chi connectivity index (χ3v) is 3.16. The van der Waals surface area contributed by atoms with Gasteiger partial charge in [-0.2, -0.15) is 0 Å². The van der Waals surface area contributed by atoms with Crippen LogP contribution < -0.4 is 5.43 Å². The van der Waals surface area contributed by atoms with Gasteiger partial charge in [-0.3, -0.25) is 9.59 Å². The minimum atomic E-state index is -0.350. The van der Waals surface area contributed by atoms with Crippen LogP contribution in [0.2, 0.25) is 0 Å². The topological polar surface area (TPSA) is 52.7 Å². The zero-order chi connectivity index (χ0) is 11.1. The maximum Gasteiger partial charge on any atom is 0.251 e. The van der Waals surface area contributed by atoms with Gasteiger partial charge in [0.25, 0.3) is 5.91 Å². The predicted octanol–water partition coefficient (Wildman–Crippen LogP) is -0.222. The summed E-state index contributed by atoms with van der Waals surface area (Å²) in [5.74, 6) is 0.126. The van der Waals surface area contributed by atoms with Gasteiger partial charge in [0, 0.05) is 19.2 Å².